The van der Waals surface area contributed by atoms with E-state index in [1.165, 1.54) is 33.7 Å². The van der Waals surface area contributed by atoms with E-state index in [0.29, 0.717) is 11.4 Å². The predicted octanol–water partition coefficient (Wildman–Crippen LogP) is 3.62. The van der Waals surface area contributed by atoms with Gasteiger partial charge in [-0.15, -0.1) is 11.8 Å². The number of aliphatic carboxylic acids is 1. The van der Waals surface area contributed by atoms with Crippen LogP contribution in [0.15, 0.2) is 60.9 Å². The number of ether oxygens (including phenoxy) is 1. The average molecular weight is 493 g/mol. The zero-order chi connectivity index (χ0) is 24.5. The number of anilines is 1. The SMILES string of the molecule is CC1SCC(C(=O)O)N1C(=O)Cn1cc(NC(=O)OCC2c3ccccc3-c3ccccc32)cn1. The lowest BCUT2D eigenvalue weighted by atomic mass is 9.98. The molecule has 3 aromatic rings. The summed E-state index contributed by atoms with van der Waals surface area (Å²) in [6.07, 6.45) is 2.32. The number of hydrogen-bond acceptors (Lipinski definition) is 6. The summed E-state index contributed by atoms with van der Waals surface area (Å²) in [5.41, 5.74) is 4.94. The van der Waals surface area contributed by atoms with Gasteiger partial charge in [0, 0.05) is 17.9 Å². The summed E-state index contributed by atoms with van der Waals surface area (Å²) < 4.78 is 6.91. The van der Waals surface area contributed by atoms with Crippen LogP contribution in [0.2, 0.25) is 0 Å². The molecule has 2 atom stereocenters. The largest absolute Gasteiger partial charge is 0.480 e. The molecule has 0 radical (unpaired) electrons. The summed E-state index contributed by atoms with van der Waals surface area (Å²) in [6, 6.07) is 15.4. The van der Waals surface area contributed by atoms with E-state index in [2.05, 4.69) is 34.7 Å². The summed E-state index contributed by atoms with van der Waals surface area (Å²) in [5, 5.41) is 15.9. The number of nitrogens with one attached hydrogen (secondary N) is 1. The third-order valence-electron chi connectivity index (χ3n) is 6.32. The van der Waals surface area contributed by atoms with E-state index in [9.17, 15) is 19.5 Å². The molecule has 0 spiro atoms. The van der Waals surface area contributed by atoms with Gasteiger partial charge in [-0.2, -0.15) is 5.10 Å². The minimum atomic E-state index is -1.02. The Morgan fingerprint density at radius 1 is 1.11 bits per heavy atom. The van der Waals surface area contributed by atoms with Gasteiger partial charge in [-0.25, -0.2) is 9.59 Å². The molecule has 1 fully saturated rings. The quantitative estimate of drug-likeness (QED) is 0.540. The van der Waals surface area contributed by atoms with Gasteiger partial charge < -0.3 is 14.7 Å². The van der Waals surface area contributed by atoms with Crippen LogP contribution in [0.4, 0.5) is 10.5 Å². The second kappa shape index (κ2) is 9.46. The molecule has 2 aromatic carbocycles. The van der Waals surface area contributed by atoms with E-state index in [-0.39, 0.29) is 30.4 Å². The molecule has 1 aromatic heterocycles. The molecule has 2 heterocycles. The number of carboxylic acids is 1. The zero-order valence-electron chi connectivity index (χ0n) is 19.0. The fourth-order valence-electron chi connectivity index (χ4n) is 4.70. The molecule has 0 saturated carbocycles. The normalized spacial score (nSPS) is 18.7. The lowest BCUT2D eigenvalue weighted by molar-refractivity contribution is -0.149. The van der Waals surface area contributed by atoms with Crippen molar-refractivity contribution in [3.63, 3.8) is 0 Å². The summed E-state index contributed by atoms with van der Waals surface area (Å²) >= 11 is 1.42. The minimum Gasteiger partial charge on any atom is -0.480 e. The number of carboxylic acid groups (broad SMARTS) is 1. The summed E-state index contributed by atoms with van der Waals surface area (Å²) in [6.45, 7) is 1.87. The lowest BCUT2D eigenvalue weighted by Crippen LogP contribution is -2.46. The van der Waals surface area contributed by atoms with Gasteiger partial charge in [0.2, 0.25) is 5.91 Å². The van der Waals surface area contributed by atoms with E-state index in [1.54, 1.807) is 6.92 Å². The molecule has 5 rings (SSSR count). The van der Waals surface area contributed by atoms with Gasteiger partial charge in [-0.05, 0) is 29.2 Å². The number of carbonyl (C=O) groups excluding carboxylic acids is 2. The molecular weight excluding hydrogens is 468 g/mol. The van der Waals surface area contributed by atoms with Crippen molar-refractivity contribution in [2.45, 2.75) is 30.8 Å². The first kappa shape index (κ1) is 23.0. The molecule has 1 aliphatic heterocycles. The summed E-state index contributed by atoms with van der Waals surface area (Å²) in [7, 11) is 0. The molecule has 2 aliphatic rings. The van der Waals surface area contributed by atoms with E-state index in [4.69, 9.17) is 4.74 Å². The molecule has 2 amide bonds. The van der Waals surface area contributed by atoms with Crippen LogP contribution < -0.4 is 5.32 Å². The maximum atomic E-state index is 12.7. The molecule has 180 valence electrons. The number of aromatic nitrogens is 2. The van der Waals surface area contributed by atoms with Gasteiger partial charge in [-0.3, -0.25) is 14.8 Å². The van der Waals surface area contributed by atoms with Crippen LogP contribution in [0.5, 0.6) is 0 Å². The molecule has 0 bridgehead atoms. The van der Waals surface area contributed by atoms with Gasteiger partial charge in [0.25, 0.3) is 0 Å². The van der Waals surface area contributed by atoms with E-state index >= 15 is 0 Å². The third kappa shape index (κ3) is 4.49. The number of rotatable bonds is 6. The number of thioether (sulfide) groups is 1. The lowest BCUT2D eigenvalue weighted by Gasteiger charge is -2.24. The molecule has 1 saturated heterocycles. The van der Waals surface area contributed by atoms with Crippen LogP contribution in [0, 0.1) is 0 Å². The maximum absolute atomic E-state index is 12.7. The van der Waals surface area contributed by atoms with Gasteiger partial charge >= 0.3 is 12.1 Å². The molecule has 2 N–H and O–H groups in total. The van der Waals surface area contributed by atoms with Gasteiger partial charge in [0.1, 0.15) is 19.2 Å². The highest BCUT2D eigenvalue weighted by Gasteiger charge is 2.39. The topological polar surface area (TPSA) is 114 Å². The summed E-state index contributed by atoms with van der Waals surface area (Å²) in [4.78, 5) is 38.0. The highest BCUT2D eigenvalue weighted by atomic mass is 32.2. The van der Waals surface area contributed by atoms with Crippen molar-refractivity contribution in [1.29, 1.82) is 0 Å². The second-order valence-electron chi connectivity index (χ2n) is 8.46. The van der Waals surface area contributed by atoms with Crippen LogP contribution in [-0.4, -0.2) is 61.5 Å². The first-order valence-electron chi connectivity index (χ1n) is 11.2. The number of benzene rings is 2. The van der Waals surface area contributed by atoms with Gasteiger partial charge in [-0.1, -0.05) is 48.5 Å². The Balaban J connectivity index is 1.19. The van der Waals surface area contributed by atoms with Crippen LogP contribution in [-0.2, 0) is 20.9 Å². The Morgan fingerprint density at radius 3 is 2.43 bits per heavy atom. The fraction of sp³-hybridized carbons (Fsp3) is 0.280. The van der Waals surface area contributed by atoms with Crippen molar-refractivity contribution in [3.05, 3.63) is 72.1 Å². The Morgan fingerprint density at radius 2 is 1.77 bits per heavy atom. The first-order chi connectivity index (χ1) is 16.9. The predicted molar refractivity (Wildman–Crippen MR) is 131 cm³/mol. The Kier molecular flexibility index (Phi) is 6.21. The molecule has 2 unspecified atom stereocenters. The Hall–Kier alpha value is -3.79. The van der Waals surface area contributed by atoms with Crippen molar-refractivity contribution >= 4 is 35.4 Å². The molecular formula is C25H24N4O5S. The van der Waals surface area contributed by atoms with Crippen molar-refractivity contribution in [1.82, 2.24) is 14.7 Å². The minimum absolute atomic E-state index is 0.0454. The fourth-order valence-corrected chi connectivity index (χ4v) is 5.89. The standard InChI is InChI=1S/C25H24N4O5S/c1-15-29(22(14-35-15)24(31)32)23(30)12-28-11-16(10-26-28)27-25(33)34-13-21-19-8-4-2-6-17(19)18-7-3-5-9-20(18)21/h2-11,15,21-22H,12-14H2,1H3,(H,27,33)(H,31,32). The molecule has 35 heavy (non-hydrogen) atoms. The van der Waals surface area contributed by atoms with Crippen LogP contribution >= 0.6 is 11.8 Å². The van der Waals surface area contributed by atoms with E-state index < -0.39 is 18.1 Å². The highest BCUT2D eigenvalue weighted by molar-refractivity contribution is 8.00. The van der Waals surface area contributed by atoms with E-state index in [0.717, 1.165) is 22.3 Å². The summed E-state index contributed by atoms with van der Waals surface area (Å²) in [5.74, 6) is -1.05. The number of fused-ring (bicyclic) bond motifs is 3. The highest BCUT2D eigenvalue weighted by Crippen LogP contribution is 2.44. The van der Waals surface area contributed by atoms with Crippen molar-refractivity contribution < 1.29 is 24.2 Å². The third-order valence-corrected chi connectivity index (χ3v) is 7.53. The number of amides is 2. The number of hydrogen-bond donors (Lipinski definition) is 2. The van der Waals surface area contributed by atoms with Crippen LogP contribution in [0.3, 0.4) is 0 Å². The van der Waals surface area contributed by atoms with Gasteiger partial charge in [0.05, 0.1) is 17.3 Å². The van der Waals surface area contributed by atoms with Gasteiger partial charge in [0.15, 0.2) is 0 Å². The molecule has 1 aliphatic carbocycles. The van der Waals surface area contributed by atoms with Crippen LogP contribution in [0.25, 0.3) is 11.1 Å². The van der Waals surface area contributed by atoms with Crippen molar-refractivity contribution in [2.24, 2.45) is 0 Å². The van der Waals surface area contributed by atoms with E-state index in [1.807, 2.05) is 24.3 Å². The smallest absolute Gasteiger partial charge is 0.411 e. The monoisotopic (exact) mass is 492 g/mol. The van der Waals surface area contributed by atoms with Crippen molar-refractivity contribution in [3.8, 4) is 11.1 Å². The molecule has 10 heteroatoms. The number of carbonyl (C=O) groups is 3. The first-order valence-corrected chi connectivity index (χ1v) is 12.3. The second-order valence-corrected chi connectivity index (χ2v) is 9.81. The Bertz CT molecular complexity index is 1250. The maximum Gasteiger partial charge on any atom is 0.411 e. The number of nitrogens with zero attached hydrogens (tertiary/aromatic N) is 3. The average Bonchev–Trinajstić information content (AvgIpc) is 3.53. The van der Waals surface area contributed by atoms with Crippen LogP contribution in [0.1, 0.15) is 24.0 Å². The molecule has 9 nitrogen and oxygen atoms in total. The Labute approximate surface area is 206 Å². The zero-order valence-corrected chi connectivity index (χ0v) is 19.8. The van der Waals surface area contributed by atoms with Crippen molar-refractivity contribution in [2.75, 3.05) is 17.7 Å².